The Labute approximate surface area is 148 Å². The van der Waals surface area contributed by atoms with Crippen LogP contribution in [0.3, 0.4) is 0 Å². The van der Waals surface area contributed by atoms with Crippen LogP contribution in [0.2, 0.25) is 5.02 Å². The van der Waals surface area contributed by atoms with Crippen molar-refractivity contribution in [1.82, 2.24) is 14.8 Å². The molecule has 0 fully saturated rings. The van der Waals surface area contributed by atoms with Gasteiger partial charge in [-0.25, -0.2) is 0 Å². The minimum Gasteiger partial charge on any atom is -0.461 e. The van der Waals surface area contributed by atoms with E-state index in [0.717, 1.165) is 5.56 Å². The molecule has 2 aromatic heterocycles. The number of thioether (sulfide) groups is 1. The van der Waals surface area contributed by atoms with Crippen molar-refractivity contribution in [3.63, 3.8) is 0 Å². The van der Waals surface area contributed by atoms with Crippen molar-refractivity contribution in [2.75, 3.05) is 11.1 Å². The van der Waals surface area contributed by atoms with Gasteiger partial charge in [-0.05, 0) is 36.8 Å². The molecule has 3 aromatic rings. The molecule has 0 saturated heterocycles. The Hall–Kier alpha value is -2.25. The molecule has 6 nitrogen and oxygen atoms in total. The third-order valence-electron chi connectivity index (χ3n) is 3.38. The summed E-state index contributed by atoms with van der Waals surface area (Å²) in [5.74, 6) is 1.34. The zero-order valence-corrected chi connectivity index (χ0v) is 14.7. The Morgan fingerprint density at radius 1 is 1.38 bits per heavy atom. The number of aryl methyl sites for hydroxylation is 1. The highest BCUT2D eigenvalue weighted by atomic mass is 35.5. The highest BCUT2D eigenvalue weighted by Crippen LogP contribution is 2.24. The first-order chi connectivity index (χ1) is 11.5. The lowest BCUT2D eigenvalue weighted by Crippen LogP contribution is -2.15. The zero-order chi connectivity index (χ0) is 17.1. The van der Waals surface area contributed by atoms with Crippen LogP contribution in [-0.4, -0.2) is 26.4 Å². The van der Waals surface area contributed by atoms with Crippen LogP contribution in [0.25, 0.3) is 11.6 Å². The smallest absolute Gasteiger partial charge is 0.234 e. The molecule has 2 heterocycles. The Bertz CT molecular complexity index is 861. The first-order valence-electron chi connectivity index (χ1n) is 7.16. The predicted molar refractivity (Wildman–Crippen MR) is 94.2 cm³/mol. The van der Waals surface area contributed by atoms with Gasteiger partial charge in [-0.3, -0.25) is 4.79 Å². The van der Waals surface area contributed by atoms with Crippen LogP contribution in [0.4, 0.5) is 5.69 Å². The molecule has 8 heteroatoms. The number of carbonyl (C=O) groups is 1. The topological polar surface area (TPSA) is 73.0 Å². The van der Waals surface area contributed by atoms with E-state index in [-0.39, 0.29) is 11.7 Å². The molecule has 0 saturated carbocycles. The van der Waals surface area contributed by atoms with E-state index in [2.05, 4.69) is 15.5 Å². The van der Waals surface area contributed by atoms with Crippen molar-refractivity contribution in [1.29, 1.82) is 0 Å². The summed E-state index contributed by atoms with van der Waals surface area (Å²) >= 11 is 7.26. The molecule has 1 aromatic carbocycles. The number of carbonyl (C=O) groups excluding carboxylic acids is 1. The van der Waals surface area contributed by atoms with Crippen LogP contribution < -0.4 is 5.32 Å². The number of nitrogens with zero attached hydrogens (tertiary/aromatic N) is 3. The average Bonchev–Trinajstić information content (AvgIpc) is 3.18. The second-order valence-electron chi connectivity index (χ2n) is 5.14. The van der Waals surface area contributed by atoms with Crippen molar-refractivity contribution < 1.29 is 9.21 Å². The van der Waals surface area contributed by atoms with Crippen LogP contribution >= 0.6 is 23.4 Å². The summed E-state index contributed by atoms with van der Waals surface area (Å²) < 4.78 is 7.11. The number of rotatable bonds is 5. The lowest BCUT2D eigenvalue weighted by molar-refractivity contribution is -0.113. The molecule has 1 N–H and O–H groups in total. The quantitative estimate of drug-likeness (QED) is 0.699. The monoisotopic (exact) mass is 362 g/mol. The van der Waals surface area contributed by atoms with Crippen LogP contribution in [-0.2, 0) is 11.8 Å². The van der Waals surface area contributed by atoms with Gasteiger partial charge in [-0.2, -0.15) is 0 Å². The number of anilines is 1. The minimum atomic E-state index is -0.132. The van der Waals surface area contributed by atoms with Gasteiger partial charge in [0.05, 0.1) is 12.0 Å². The van der Waals surface area contributed by atoms with Crippen molar-refractivity contribution >= 4 is 35.0 Å². The highest BCUT2D eigenvalue weighted by Gasteiger charge is 2.15. The van der Waals surface area contributed by atoms with Gasteiger partial charge in [0.15, 0.2) is 16.7 Å². The summed E-state index contributed by atoms with van der Waals surface area (Å²) in [7, 11) is 1.83. The first-order valence-corrected chi connectivity index (χ1v) is 8.53. The second-order valence-corrected chi connectivity index (χ2v) is 6.52. The van der Waals surface area contributed by atoms with Gasteiger partial charge in [0.2, 0.25) is 5.91 Å². The van der Waals surface area contributed by atoms with Gasteiger partial charge in [0.1, 0.15) is 0 Å². The van der Waals surface area contributed by atoms with Crippen LogP contribution in [0.1, 0.15) is 5.56 Å². The summed E-state index contributed by atoms with van der Waals surface area (Å²) in [6.45, 7) is 1.91. The summed E-state index contributed by atoms with van der Waals surface area (Å²) in [5, 5.41) is 12.3. The number of furan rings is 1. The fourth-order valence-corrected chi connectivity index (χ4v) is 2.99. The summed E-state index contributed by atoms with van der Waals surface area (Å²) in [6.07, 6.45) is 1.58. The molecule has 0 bridgehead atoms. The average molecular weight is 363 g/mol. The normalized spacial score (nSPS) is 10.8. The fourth-order valence-electron chi connectivity index (χ4n) is 2.11. The minimum absolute atomic E-state index is 0.132. The van der Waals surface area contributed by atoms with Gasteiger partial charge >= 0.3 is 0 Å². The lowest BCUT2D eigenvalue weighted by Gasteiger charge is -2.08. The molecule has 0 aliphatic carbocycles. The molecule has 0 radical (unpaired) electrons. The van der Waals surface area contributed by atoms with Gasteiger partial charge in [-0.1, -0.05) is 29.4 Å². The van der Waals surface area contributed by atoms with Gasteiger partial charge in [0.25, 0.3) is 0 Å². The van der Waals surface area contributed by atoms with Gasteiger partial charge in [-0.15, -0.1) is 10.2 Å². The number of halogens is 1. The van der Waals surface area contributed by atoms with E-state index in [1.807, 2.05) is 26.1 Å². The largest absolute Gasteiger partial charge is 0.461 e. The zero-order valence-electron chi connectivity index (χ0n) is 13.1. The molecule has 124 valence electrons. The van der Waals surface area contributed by atoms with Crippen LogP contribution in [0, 0.1) is 6.92 Å². The number of hydrogen-bond donors (Lipinski definition) is 1. The van der Waals surface area contributed by atoms with Crippen LogP contribution in [0.15, 0.2) is 46.2 Å². The Morgan fingerprint density at radius 3 is 2.96 bits per heavy atom. The van der Waals surface area contributed by atoms with E-state index in [9.17, 15) is 4.79 Å². The maximum absolute atomic E-state index is 12.1. The Balaban J connectivity index is 1.64. The number of benzene rings is 1. The van der Waals surface area contributed by atoms with Crippen molar-refractivity contribution in [2.24, 2.45) is 7.05 Å². The van der Waals surface area contributed by atoms with E-state index in [0.29, 0.717) is 27.5 Å². The standard InChI is InChI=1S/C16H15ClN4O2S/c1-10-5-6-11(17)8-12(10)18-14(22)9-24-16-20-19-15(21(16)2)13-4-3-7-23-13/h3-8H,9H2,1-2H3,(H,18,22). The summed E-state index contributed by atoms with van der Waals surface area (Å²) in [4.78, 5) is 12.1. The molecular formula is C16H15ClN4O2S. The molecule has 0 unspecified atom stereocenters. The lowest BCUT2D eigenvalue weighted by atomic mass is 10.2. The van der Waals surface area contributed by atoms with E-state index in [4.69, 9.17) is 16.0 Å². The molecule has 0 spiro atoms. The van der Waals surface area contributed by atoms with E-state index in [1.165, 1.54) is 11.8 Å². The number of aromatic nitrogens is 3. The first kappa shape index (κ1) is 16.6. The maximum Gasteiger partial charge on any atom is 0.234 e. The predicted octanol–water partition coefficient (Wildman–Crippen LogP) is 3.77. The third-order valence-corrected chi connectivity index (χ3v) is 4.64. The Morgan fingerprint density at radius 2 is 2.21 bits per heavy atom. The molecule has 0 aliphatic heterocycles. The SMILES string of the molecule is Cc1ccc(Cl)cc1NC(=O)CSc1nnc(-c2ccco2)n1C. The Kier molecular flexibility index (Phi) is 4.92. The number of nitrogens with one attached hydrogen (secondary N) is 1. The molecular weight excluding hydrogens is 348 g/mol. The van der Waals surface area contributed by atoms with Crippen molar-refractivity contribution in [3.8, 4) is 11.6 Å². The van der Waals surface area contributed by atoms with Crippen molar-refractivity contribution in [3.05, 3.63) is 47.2 Å². The highest BCUT2D eigenvalue weighted by molar-refractivity contribution is 7.99. The van der Waals surface area contributed by atoms with Crippen molar-refractivity contribution in [2.45, 2.75) is 12.1 Å². The second kappa shape index (κ2) is 7.11. The third kappa shape index (κ3) is 3.63. The molecule has 24 heavy (non-hydrogen) atoms. The number of hydrogen-bond acceptors (Lipinski definition) is 5. The van der Waals surface area contributed by atoms with Gasteiger partial charge < -0.3 is 14.3 Å². The maximum atomic E-state index is 12.1. The van der Waals surface area contributed by atoms with Gasteiger partial charge in [0, 0.05) is 17.8 Å². The fraction of sp³-hybridized carbons (Fsp3) is 0.188. The summed E-state index contributed by atoms with van der Waals surface area (Å²) in [6, 6.07) is 8.99. The van der Waals surface area contributed by atoms with E-state index < -0.39 is 0 Å². The van der Waals surface area contributed by atoms with E-state index >= 15 is 0 Å². The number of amides is 1. The molecule has 3 rings (SSSR count). The summed E-state index contributed by atoms with van der Waals surface area (Å²) in [5.41, 5.74) is 1.67. The molecule has 1 amide bonds. The van der Waals surface area contributed by atoms with E-state index in [1.54, 1.807) is 29.0 Å². The molecule has 0 atom stereocenters. The van der Waals surface area contributed by atoms with Crippen LogP contribution in [0.5, 0.6) is 0 Å². The molecule has 0 aliphatic rings.